The molecule has 0 unspecified atom stereocenters. The lowest BCUT2D eigenvalue weighted by Crippen LogP contribution is -2.25. The smallest absolute Gasteiger partial charge is 0.0215 e. The summed E-state index contributed by atoms with van der Waals surface area (Å²) in [7, 11) is 0. The number of unbranched alkanes of at least 4 members (excludes halogenated alkanes) is 18. The Morgan fingerprint density at radius 3 is 1.03 bits per heavy atom. The summed E-state index contributed by atoms with van der Waals surface area (Å²) in [5.74, 6) is 0. The molecule has 0 N–H and O–H groups in total. The van der Waals surface area contributed by atoms with Crippen molar-refractivity contribution in [2.75, 3.05) is 0 Å². The van der Waals surface area contributed by atoms with Crippen molar-refractivity contribution >= 4 is 0 Å². The van der Waals surface area contributed by atoms with E-state index >= 15 is 0 Å². The summed E-state index contributed by atoms with van der Waals surface area (Å²) in [5.41, 5.74) is 6.52. The zero-order valence-corrected chi connectivity index (χ0v) is 24.7. The highest BCUT2D eigenvalue weighted by molar-refractivity contribution is 5.80. The van der Waals surface area contributed by atoms with E-state index in [9.17, 15) is 0 Å². The second kappa shape index (κ2) is 17.9. The maximum absolute atomic E-state index is 2.46. The molecule has 0 saturated heterocycles. The van der Waals surface area contributed by atoms with Gasteiger partial charge >= 0.3 is 0 Å². The molecule has 0 atom stereocenters. The molecule has 0 aromatic heterocycles. The minimum absolute atomic E-state index is 0.244. The van der Waals surface area contributed by atoms with Gasteiger partial charge in [0.05, 0.1) is 0 Å². The van der Waals surface area contributed by atoms with E-state index in [1.807, 2.05) is 0 Å². The maximum Gasteiger partial charge on any atom is 0.0215 e. The number of benzene rings is 2. The van der Waals surface area contributed by atoms with Crippen molar-refractivity contribution in [2.24, 2.45) is 0 Å². The second-order valence-electron chi connectivity index (χ2n) is 12.0. The molecule has 0 heteroatoms. The van der Waals surface area contributed by atoms with Crippen LogP contribution in [0.4, 0.5) is 0 Å². The highest BCUT2D eigenvalue weighted by atomic mass is 14.4. The lowest BCUT2D eigenvalue weighted by atomic mass is 9.70. The molecule has 2 aromatic carbocycles. The predicted molar refractivity (Wildman–Crippen MR) is 166 cm³/mol. The molecule has 0 nitrogen and oxygen atoms in total. The monoisotopic (exact) mass is 502 g/mol. The van der Waals surface area contributed by atoms with Gasteiger partial charge in [0, 0.05) is 5.41 Å². The van der Waals surface area contributed by atoms with Crippen LogP contribution < -0.4 is 0 Å². The molecule has 0 bridgehead atoms. The molecule has 0 amide bonds. The number of rotatable bonds is 22. The summed E-state index contributed by atoms with van der Waals surface area (Å²) in [6.07, 6.45) is 31.0. The minimum Gasteiger partial charge on any atom is -0.0654 e. The third-order valence-electron chi connectivity index (χ3n) is 9.09. The molecule has 37 heavy (non-hydrogen) atoms. The van der Waals surface area contributed by atoms with Crippen molar-refractivity contribution < 1.29 is 0 Å². The molecule has 1 aliphatic carbocycles. The van der Waals surface area contributed by atoms with Gasteiger partial charge < -0.3 is 0 Å². The van der Waals surface area contributed by atoms with E-state index in [-0.39, 0.29) is 5.41 Å². The van der Waals surface area contributed by atoms with Crippen LogP contribution in [-0.4, -0.2) is 0 Å². The van der Waals surface area contributed by atoms with Gasteiger partial charge in [-0.25, -0.2) is 0 Å². The summed E-state index contributed by atoms with van der Waals surface area (Å²) in [4.78, 5) is 0. The fraction of sp³-hybridized carbons (Fsp3) is 0.676. The summed E-state index contributed by atoms with van der Waals surface area (Å²) in [6, 6.07) is 18.7. The highest BCUT2D eigenvalue weighted by Crippen LogP contribution is 2.54. The molecule has 0 fully saturated rings. The lowest BCUT2D eigenvalue weighted by molar-refractivity contribution is 0.397. The summed E-state index contributed by atoms with van der Waals surface area (Å²) < 4.78 is 0. The van der Waals surface area contributed by atoms with Crippen LogP contribution in [0, 0.1) is 0 Å². The van der Waals surface area contributed by atoms with E-state index in [2.05, 4.69) is 62.4 Å². The van der Waals surface area contributed by atoms with Gasteiger partial charge in [-0.1, -0.05) is 191 Å². The molecule has 2 aromatic rings. The second-order valence-corrected chi connectivity index (χ2v) is 12.0. The molecule has 1 aliphatic rings. The zero-order chi connectivity index (χ0) is 26.0. The van der Waals surface area contributed by atoms with Crippen molar-refractivity contribution in [1.82, 2.24) is 0 Å². The van der Waals surface area contributed by atoms with Crippen molar-refractivity contribution in [3.63, 3.8) is 0 Å². The summed E-state index contributed by atoms with van der Waals surface area (Å²) >= 11 is 0. The van der Waals surface area contributed by atoms with Crippen LogP contribution in [-0.2, 0) is 5.41 Å². The molecule has 3 rings (SSSR count). The van der Waals surface area contributed by atoms with Crippen LogP contribution in [0.15, 0.2) is 48.5 Å². The van der Waals surface area contributed by atoms with Gasteiger partial charge in [0.15, 0.2) is 0 Å². The van der Waals surface area contributed by atoms with Crippen molar-refractivity contribution in [2.45, 2.75) is 161 Å². The molecular formula is C37H58. The minimum atomic E-state index is 0.244. The predicted octanol–water partition coefficient (Wildman–Crippen LogP) is 12.6. The Labute approximate surface area is 231 Å². The van der Waals surface area contributed by atoms with Crippen LogP contribution in [0.3, 0.4) is 0 Å². The Balaban J connectivity index is 1.50. The Morgan fingerprint density at radius 1 is 0.378 bits per heavy atom. The third kappa shape index (κ3) is 9.30. The van der Waals surface area contributed by atoms with Gasteiger partial charge in [-0.05, 0) is 35.1 Å². The molecule has 206 valence electrons. The average Bonchev–Trinajstić information content (AvgIpc) is 3.21. The van der Waals surface area contributed by atoms with Crippen molar-refractivity contribution in [3.8, 4) is 11.1 Å². The first-order chi connectivity index (χ1) is 18.3. The van der Waals surface area contributed by atoms with Crippen LogP contribution in [0.2, 0.25) is 0 Å². The van der Waals surface area contributed by atoms with Crippen LogP contribution in [0.5, 0.6) is 0 Å². The van der Waals surface area contributed by atoms with E-state index in [0.29, 0.717) is 0 Å². The quantitative estimate of drug-likeness (QED) is 0.140. The maximum atomic E-state index is 2.46. The molecule has 0 radical (unpaired) electrons. The average molecular weight is 503 g/mol. The molecular weight excluding hydrogens is 444 g/mol. The van der Waals surface area contributed by atoms with Gasteiger partial charge in [0.1, 0.15) is 0 Å². The fourth-order valence-corrected chi connectivity index (χ4v) is 6.91. The molecule has 0 saturated carbocycles. The van der Waals surface area contributed by atoms with Gasteiger partial charge in [0.2, 0.25) is 0 Å². The van der Waals surface area contributed by atoms with E-state index in [1.54, 1.807) is 11.1 Å². The SMILES string of the molecule is CCCCCCCCCCCCC1(CCCCCCCCCCCC)c2ccccc2-c2ccccc21. The first-order valence-corrected chi connectivity index (χ1v) is 16.5. The molecule has 0 heterocycles. The van der Waals surface area contributed by atoms with Gasteiger partial charge in [-0.3, -0.25) is 0 Å². The number of hydrogen-bond donors (Lipinski definition) is 0. The Kier molecular flexibility index (Phi) is 14.5. The number of fused-ring (bicyclic) bond motifs is 3. The van der Waals surface area contributed by atoms with Crippen LogP contribution in [0.25, 0.3) is 11.1 Å². The normalized spacial score (nSPS) is 13.6. The first kappa shape index (κ1) is 30.0. The Bertz CT molecular complexity index is 775. The molecule has 0 spiro atoms. The Hall–Kier alpha value is -1.56. The third-order valence-corrected chi connectivity index (χ3v) is 9.09. The topological polar surface area (TPSA) is 0 Å². The number of hydrogen-bond acceptors (Lipinski definition) is 0. The lowest BCUT2D eigenvalue weighted by Gasteiger charge is -2.33. The Morgan fingerprint density at radius 2 is 0.676 bits per heavy atom. The standard InChI is InChI=1S/C37H58/c1-3-5-7-9-11-13-15-17-19-25-31-37(32-26-20-18-16-14-12-10-8-6-4-2)35-29-23-21-27-33(35)34-28-22-24-30-36(34)37/h21-24,27-30H,3-20,25-26,31-32H2,1-2H3. The van der Waals surface area contributed by atoms with E-state index in [4.69, 9.17) is 0 Å². The summed E-state index contributed by atoms with van der Waals surface area (Å²) in [6.45, 7) is 4.62. The van der Waals surface area contributed by atoms with E-state index in [1.165, 1.54) is 152 Å². The van der Waals surface area contributed by atoms with E-state index < -0.39 is 0 Å². The van der Waals surface area contributed by atoms with Crippen LogP contribution >= 0.6 is 0 Å². The zero-order valence-electron chi connectivity index (χ0n) is 24.7. The summed E-state index contributed by atoms with van der Waals surface area (Å²) in [5, 5.41) is 0. The largest absolute Gasteiger partial charge is 0.0654 e. The fourth-order valence-electron chi connectivity index (χ4n) is 6.91. The van der Waals surface area contributed by atoms with Crippen molar-refractivity contribution in [1.29, 1.82) is 0 Å². The van der Waals surface area contributed by atoms with Gasteiger partial charge in [-0.2, -0.15) is 0 Å². The van der Waals surface area contributed by atoms with Crippen LogP contribution in [0.1, 0.15) is 166 Å². The molecule has 0 aliphatic heterocycles. The van der Waals surface area contributed by atoms with Gasteiger partial charge in [0.25, 0.3) is 0 Å². The highest BCUT2D eigenvalue weighted by Gasteiger charge is 2.41. The van der Waals surface area contributed by atoms with Gasteiger partial charge in [-0.15, -0.1) is 0 Å². The van der Waals surface area contributed by atoms with Crippen molar-refractivity contribution in [3.05, 3.63) is 59.7 Å². The first-order valence-electron chi connectivity index (χ1n) is 16.5. The van der Waals surface area contributed by atoms with E-state index in [0.717, 1.165) is 0 Å².